The summed E-state index contributed by atoms with van der Waals surface area (Å²) in [6.07, 6.45) is 35.6. The number of phosphoric ester groups is 1. The lowest BCUT2D eigenvalue weighted by molar-refractivity contribution is -0.161. The van der Waals surface area contributed by atoms with Crippen LogP contribution in [0.3, 0.4) is 0 Å². The van der Waals surface area contributed by atoms with E-state index in [1.807, 2.05) is 6.08 Å². The van der Waals surface area contributed by atoms with Gasteiger partial charge >= 0.3 is 19.8 Å². The molecule has 0 saturated heterocycles. The van der Waals surface area contributed by atoms with Crippen molar-refractivity contribution in [1.29, 1.82) is 0 Å². The molecule has 2 unspecified atom stereocenters. The summed E-state index contributed by atoms with van der Waals surface area (Å²) in [5.41, 5.74) is 0. The summed E-state index contributed by atoms with van der Waals surface area (Å²) in [6.45, 7) is 4.41. The van der Waals surface area contributed by atoms with E-state index in [4.69, 9.17) is 19.1 Å². The highest BCUT2D eigenvalue weighted by Gasteiger charge is 2.27. The monoisotopic (exact) mass is 873 g/mol. The summed E-state index contributed by atoms with van der Waals surface area (Å²) in [7, 11) is -4.68. The molecule has 0 aliphatic rings. The van der Waals surface area contributed by atoms with Crippen LogP contribution in [0.4, 0.5) is 0 Å². The Bertz CT molecular complexity index is 1190. The average molecular weight is 873 g/mol. The Hall–Kier alpha value is -2.15. The molecule has 0 amide bonds. The van der Waals surface area contributed by atoms with Gasteiger partial charge in [0.1, 0.15) is 12.7 Å². The summed E-state index contributed by atoms with van der Waals surface area (Å²) in [4.78, 5) is 35.1. The van der Waals surface area contributed by atoms with Gasteiger partial charge in [-0.3, -0.25) is 18.6 Å². The molecule has 0 aliphatic carbocycles. The standard InChI is InChI=1S/C47H85O12P/c1-4-6-7-8-20-25-31-42(49)32-26-22-23-27-33-43(50)34-29-36-46(52)56-39-45(40-58-60(54,55)57-38-44(51)37-48)59-47(53)35-28-21-18-16-14-12-10-9-11-13-15-17-19-24-30-41(3)5-2/h20,22-23,25-27,32-33,41-45,48-51H,4-19,21,24,28-31,34-40H2,1-3H3,(H,54,55)/b23-22+,25-20-,32-26+,33-27-/t41?,42-,43-,44+,45-/m1/s1. The molecule has 0 aromatic rings. The number of carbonyl (C=O) groups is 2. The van der Waals surface area contributed by atoms with Crippen molar-refractivity contribution in [3.05, 3.63) is 48.6 Å². The van der Waals surface area contributed by atoms with E-state index in [2.05, 4.69) is 31.4 Å². The normalized spacial score (nSPS) is 15.8. The fraction of sp³-hybridized carbons (Fsp3) is 0.787. The van der Waals surface area contributed by atoms with Gasteiger partial charge in [-0.2, -0.15) is 0 Å². The Morgan fingerprint density at radius 2 is 1.17 bits per heavy atom. The lowest BCUT2D eigenvalue weighted by Crippen LogP contribution is -2.30. The van der Waals surface area contributed by atoms with E-state index in [9.17, 15) is 34.4 Å². The lowest BCUT2D eigenvalue weighted by atomic mass is 9.99. The van der Waals surface area contributed by atoms with Gasteiger partial charge in [-0.15, -0.1) is 0 Å². The summed E-state index contributed by atoms with van der Waals surface area (Å²) in [5, 5.41) is 38.6. The molecule has 0 aliphatic heterocycles. The van der Waals surface area contributed by atoms with Gasteiger partial charge in [0.25, 0.3) is 0 Å². The highest BCUT2D eigenvalue weighted by atomic mass is 31.2. The van der Waals surface area contributed by atoms with Crippen molar-refractivity contribution in [2.75, 3.05) is 26.4 Å². The number of aliphatic hydroxyl groups is 4. The van der Waals surface area contributed by atoms with Crippen molar-refractivity contribution in [2.45, 2.75) is 206 Å². The van der Waals surface area contributed by atoms with E-state index in [0.717, 1.165) is 38.0 Å². The first kappa shape index (κ1) is 57.9. The first-order chi connectivity index (χ1) is 28.9. The third kappa shape index (κ3) is 40.0. The highest BCUT2D eigenvalue weighted by Crippen LogP contribution is 2.43. The molecule has 0 bridgehead atoms. The number of ether oxygens (including phenoxy) is 2. The van der Waals surface area contributed by atoms with Crippen molar-refractivity contribution in [2.24, 2.45) is 5.92 Å². The first-order valence-electron chi connectivity index (χ1n) is 23.2. The van der Waals surface area contributed by atoms with Gasteiger partial charge in [0.15, 0.2) is 6.10 Å². The minimum atomic E-state index is -4.68. The number of allylic oxidation sites excluding steroid dienone is 5. The van der Waals surface area contributed by atoms with Crippen molar-refractivity contribution in [3.63, 3.8) is 0 Å². The van der Waals surface area contributed by atoms with Crippen LogP contribution in [0.1, 0.15) is 181 Å². The summed E-state index contributed by atoms with van der Waals surface area (Å²) < 4.78 is 32.6. The first-order valence-corrected chi connectivity index (χ1v) is 24.7. The minimum absolute atomic E-state index is 0.0185. The molecule has 350 valence electrons. The quantitative estimate of drug-likeness (QED) is 0.0129. The number of carbonyl (C=O) groups excluding carboxylic acids is 2. The van der Waals surface area contributed by atoms with Gasteiger partial charge < -0.3 is 34.8 Å². The van der Waals surface area contributed by atoms with Crippen molar-refractivity contribution >= 4 is 19.8 Å². The fourth-order valence-corrected chi connectivity index (χ4v) is 6.95. The highest BCUT2D eigenvalue weighted by molar-refractivity contribution is 7.47. The van der Waals surface area contributed by atoms with Crippen molar-refractivity contribution in [1.82, 2.24) is 0 Å². The molecule has 0 aromatic heterocycles. The Kier molecular flexibility index (Phi) is 39.4. The molecule has 0 saturated carbocycles. The van der Waals surface area contributed by atoms with E-state index >= 15 is 0 Å². The van der Waals surface area contributed by atoms with E-state index in [0.29, 0.717) is 25.7 Å². The van der Waals surface area contributed by atoms with Crippen LogP contribution in [0.2, 0.25) is 0 Å². The molecule has 0 heterocycles. The number of rotatable bonds is 42. The molecule has 0 fully saturated rings. The Morgan fingerprint density at radius 3 is 1.75 bits per heavy atom. The smallest absolute Gasteiger partial charge is 0.462 e. The maximum atomic E-state index is 12.6. The van der Waals surface area contributed by atoms with E-state index < -0.39 is 70.6 Å². The third-order valence-corrected chi connectivity index (χ3v) is 11.2. The zero-order valence-electron chi connectivity index (χ0n) is 37.6. The molecular weight excluding hydrogens is 787 g/mol. The second-order valence-corrected chi connectivity index (χ2v) is 17.5. The summed E-state index contributed by atoms with van der Waals surface area (Å²) in [5.74, 6) is -0.303. The maximum Gasteiger partial charge on any atom is 0.472 e. The Labute approximate surface area is 363 Å². The van der Waals surface area contributed by atoms with Crippen LogP contribution < -0.4 is 0 Å². The Morgan fingerprint density at radius 1 is 0.617 bits per heavy atom. The van der Waals surface area contributed by atoms with E-state index in [-0.39, 0.29) is 12.8 Å². The number of hydrogen-bond acceptors (Lipinski definition) is 11. The van der Waals surface area contributed by atoms with E-state index in [1.165, 1.54) is 89.9 Å². The van der Waals surface area contributed by atoms with Crippen LogP contribution in [0.25, 0.3) is 0 Å². The van der Waals surface area contributed by atoms with Gasteiger partial charge in [-0.1, -0.05) is 179 Å². The molecule has 0 radical (unpaired) electrons. The van der Waals surface area contributed by atoms with Crippen LogP contribution in [-0.2, 0) is 32.7 Å². The van der Waals surface area contributed by atoms with Gasteiger partial charge in [-0.05, 0) is 44.4 Å². The minimum Gasteiger partial charge on any atom is -0.462 e. The Balaban J connectivity index is 4.49. The molecule has 0 aromatic carbocycles. The molecule has 0 rings (SSSR count). The molecular formula is C47H85O12P. The maximum absolute atomic E-state index is 12.6. The molecule has 13 heteroatoms. The average Bonchev–Trinajstić information content (AvgIpc) is 3.23. The van der Waals surface area contributed by atoms with Gasteiger partial charge in [0.05, 0.1) is 32.0 Å². The zero-order chi connectivity index (χ0) is 44.5. The third-order valence-electron chi connectivity index (χ3n) is 10.2. The van der Waals surface area contributed by atoms with Crippen LogP contribution >= 0.6 is 7.82 Å². The number of hydrogen-bond donors (Lipinski definition) is 5. The van der Waals surface area contributed by atoms with Crippen LogP contribution in [0.15, 0.2) is 48.6 Å². The van der Waals surface area contributed by atoms with Crippen LogP contribution in [-0.4, -0.2) is 88.1 Å². The van der Waals surface area contributed by atoms with E-state index in [1.54, 1.807) is 36.5 Å². The number of unbranched alkanes of at least 4 members (excludes halogenated alkanes) is 16. The largest absolute Gasteiger partial charge is 0.472 e. The summed E-state index contributed by atoms with van der Waals surface area (Å²) in [6, 6.07) is 0. The SMILES string of the molecule is CCCCC/C=C\C[C@@H](O)/C=C/C=C/C=C\[C@@H](O)CCCC(=O)OC[C@H](COP(=O)(O)OC[C@@H](O)CO)OC(=O)CCCCCCCCCCCCCCCCC(C)CC. The zero-order valence-corrected chi connectivity index (χ0v) is 38.4. The van der Waals surface area contributed by atoms with Gasteiger partial charge in [0.2, 0.25) is 0 Å². The summed E-state index contributed by atoms with van der Waals surface area (Å²) >= 11 is 0. The predicted octanol–water partition coefficient (Wildman–Crippen LogP) is 10.3. The lowest BCUT2D eigenvalue weighted by Gasteiger charge is -2.20. The molecule has 0 spiro atoms. The molecule has 60 heavy (non-hydrogen) atoms. The van der Waals surface area contributed by atoms with Crippen LogP contribution in [0.5, 0.6) is 0 Å². The number of phosphoric acid groups is 1. The second kappa shape index (κ2) is 40.9. The number of esters is 2. The number of aliphatic hydroxyl groups excluding tert-OH is 4. The van der Waals surface area contributed by atoms with Crippen molar-refractivity contribution < 1.29 is 58.0 Å². The predicted molar refractivity (Wildman–Crippen MR) is 240 cm³/mol. The molecule has 12 nitrogen and oxygen atoms in total. The second-order valence-electron chi connectivity index (χ2n) is 16.1. The fourth-order valence-electron chi connectivity index (χ4n) is 6.16. The van der Waals surface area contributed by atoms with Gasteiger partial charge in [0, 0.05) is 12.8 Å². The molecule has 5 N–H and O–H groups in total. The van der Waals surface area contributed by atoms with Crippen LogP contribution in [0, 0.1) is 5.92 Å². The topological polar surface area (TPSA) is 189 Å². The van der Waals surface area contributed by atoms with Crippen molar-refractivity contribution in [3.8, 4) is 0 Å². The molecule has 6 atom stereocenters. The van der Waals surface area contributed by atoms with Gasteiger partial charge in [-0.25, -0.2) is 4.57 Å².